The van der Waals surface area contributed by atoms with Gasteiger partial charge in [0.25, 0.3) is 11.8 Å². The Morgan fingerprint density at radius 3 is 1.70 bits per heavy atom. The van der Waals surface area contributed by atoms with Crippen LogP contribution in [-0.4, -0.2) is 31.4 Å². The highest BCUT2D eigenvalue weighted by atomic mass is 19.1. The number of rotatable bonds is 6. The van der Waals surface area contributed by atoms with E-state index in [0.717, 1.165) is 33.5 Å². The van der Waals surface area contributed by atoms with E-state index in [-0.39, 0.29) is 23.4 Å². The highest BCUT2D eigenvalue weighted by Crippen LogP contribution is 2.26. The predicted molar refractivity (Wildman–Crippen MR) is 181 cm³/mol. The van der Waals surface area contributed by atoms with Gasteiger partial charge in [0.1, 0.15) is 11.1 Å². The zero-order chi connectivity index (χ0) is 34.4. The van der Waals surface area contributed by atoms with Gasteiger partial charge in [-0.3, -0.25) is 9.59 Å². The number of nitrogens with zero attached hydrogens (tertiary/aromatic N) is 4. The van der Waals surface area contributed by atoms with Crippen molar-refractivity contribution in [1.82, 2.24) is 19.6 Å². The molecule has 0 bridgehead atoms. The van der Waals surface area contributed by atoms with Gasteiger partial charge < -0.3 is 10.6 Å². The number of para-hydroxylation sites is 2. The largest absolute Gasteiger partial charge is 0.322 e. The van der Waals surface area contributed by atoms with Crippen molar-refractivity contribution in [3.8, 4) is 11.8 Å². The lowest BCUT2D eigenvalue weighted by molar-refractivity contribution is 0.101. The molecule has 0 radical (unpaired) electrons. The highest BCUT2D eigenvalue weighted by molar-refractivity contribution is 6.06. The summed E-state index contributed by atoms with van der Waals surface area (Å²) in [5.74, 6) is 3.93. The SMILES string of the molecule is Cc1nn(C)c(F)c1C(=O)Nc1ccccc1C#CC(C)(C)C.Cc1nn(C)c(F)c1C(=O)Nc1ccccc1CCC(C)(C)C.[HH]. The summed E-state index contributed by atoms with van der Waals surface area (Å²) in [6, 6.07) is 14.9. The Morgan fingerprint density at radius 1 is 0.783 bits per heavy atom. The second-order valence-electron chi connectivity index (χ2n) is 13.4. The lowest BCUT2D eigenvalue weighted by Gasteiger charge is -2.19. The lowest BCUT2D eigenvalue weighted by Crippen LogP contribution is -2.16. The molecule has 4 aromatic rings. The molecule has 0 aliphatic heterocycles. The van der Waals surface area contributed by atoms with Gasteiger partial charge in [-0.15, -0.1) is 0 Å². The van der Waals surface area contributed by atoms with Crippen LogP contribution in [0.3, 0.4) is 0 Å². The van der Waals surface area contributed by atoms with Crippen LogP contribution in [0.2, 0.25) is 0 Å². The van der Waals surface area contributed by atoms with E-state index < -0.39 is 23.7 Å². The van der Waals surface area contributed by atoms with Crippen LogP contribution in [0.5, 0.6) is 0 Å². The molecule has 0 fully saturated rings. The number of carbonyl (C=O) groups excluding carboxylic acids is 2. The van der Waals surface area contributed by atoms with E-state index in [1.54, 1.807) is 26.0 Å². The molecular weight excluding hydrogens is 586 g/mol. The smallest absolute Gasteiger partial charge is 0.262 e. The second kappa shape index (κ2) is 14.5. The average Bonchev–Trinajstić information content (AvgIpc) is 3.37. The van der Waals surface area contributed by atoms with Gasteiger partial charge >= 0.3 is 0 Å². The number of halogens is 2. The third-order valence-corrected chi connectivity index (χ3v) is 6.92. The first-order chi connectivity index (χ1) is 21.4. The molecule has 2 amide bonds. The molecule has 2 aromatic carbocycles. The standard InChI is InChI=1S/C18H24FN3O.C18H20FN3O.H2/c2*1-12-15(16(19)22(5)21-12)17(23)20-14-9-7-6-8-13(14)10-11-18(2,3)4;/h6-9H,10-11H2,1-5H3,(H,20,23);6-9H,1-5H3,(H,20,23);1H. The van der Waals surface area contributed by atoms with Crippen LogP contribution in [0.1, 0.15) is 92.6 Å². The van der Waals surface area contributed by atoms with Crippen molar-refractivity contribution in [3.05, 3.63) is 94.1 Å². The third-order valence-electron chi connectivity index (χ3n) is 6.92. The van der Waals surface area contributed by atoms with E-state index >= 15 is 0 Å². The number of hydrogen-bond acceptors (Lipinski definition) is 4. The molecule has 2 heterocycles. The van der Waals surface area contributed by atoms with E-state index in [0.29, 0.717) is 22.6 Å². The predicted octanol–water partition coefficient (Wildman–Crippen LogP) is 7.86. The maximum absolute atomic E-state index is 14.0. The van der Waals surface area contributed by atoms with Crippen LogP contribution < -0.4 is 10.6 Å². The monoisotopic (exact) mass is 632 g/mol. The molecule has 0 saturated heterocycles. The molecule has 2 N–H and O–H groups in total. The van der Waals surface area contributed by atoms with Crippen molar-refractivity contribution in [2.24, 2.45) is 24.9 Å². The lowest BCUT2D eigenvalue weighted by atomic mass is 9.88. The number of aryl methyl sites for hydroxylation is 5. The Labute approximate surface area is 272 Å². The highest BCUT2D eigenvalue weighted by Gasteiger charge is 2.22. The van der Waals surface area contributed by atoms with E-state index in [9.17, 15) is 18.4 Å². The summed E-state index contributed by atoms with van der Waals surface area (Å²) in [7, 11) is 2.94. The fourth-order valence-corrected chi connectivity index (χ4v) is 4.47. The normalized spacial score (nSPS) is 11.2. The Morgan fingerprint density at radius 2 is 1.24 bits per heavy atom. The number of nitrogens with one attached hydrogen (secondary N) is 2. The van der Waals surface area contributed by atoms with Crippen molar-refractivity contribution in [1.29, 1.82) is 0 Å². The first-order valence-electron chi connectivity index (χ1n) is 15.1. The molecule has 0 spiro atoms. The van der Waals surface area contributed by atoms with Crippen molar-refractivity contribution in [2.75, 3.05) is 10.6 Å². The number of hydrogen-bond donors (Lipinski definition) is 2. The van der Waals surface area contributed by atoms with Gasteiger partial charge in [0.2, 0.25) is 11.9 Å². The molecule has 0 atom stereocenters. The van der Waals surface area contributed by atoms with Crippen LogP contribution in [0.4, 0.5) is 20.2 Å². The second-order valence-corrected chi connectivity index (χ2v) is 13.4. The van der Waals surface area contributed by atoms with E-state index in [1.807, 2.05) is 57.2 Å². The van der Waals surface area contributed by atoms with Gasteiger partial charge in [-0.25, -0.2) is 9.36 Å². The van der Waals surface area contributed by atoms with E-state index in [4.69, 9.17) is 0 Å². The molecule has 246 valence electrons. The number of amides is 2. The molecule has 0 aliphatic carbocycles. The van der Waals surface area contributed by atoms with Crippen LogP contribution in [-0.2, 0) is 20.5 Å². The minimum absolute atomic E-state index is 0. The first kappa shape index (κ1) is 35.7. The topological polar surface area (TPSA) is 93.8 Å². The van der Waals surface area contributed by atoms with Gasteiger partial charge in [0.05, 0.1) is 17.1 Å². The molecule has 0 unspecified atom stereocenters. The van der Waals surface area contributed by atoms with Crippen LogP contribution in [0.15, 0.2) is 48.5 Å². The molecule has 8 nitrogen and oxygen atoms in total. The summed E-state index contributed by atoms with van der Waals surface area (Å²) in [4.78, 5) is 24.8. The van der Waals surface area contributed by atoms with Crippen molar-refractivity contribution >= 4 is 23.2 Å². The fraction of sp³-hybridized carbons (Fsp3) is 0.389. The molecule has 46 heavy (non-hydrogen) atoms. The zero-order valence-corrected chi connectivity index (χ0v) is 28.4. The number of aromatic nitrogens is 4. The summed E-state index contributed by atoms with van der Waals surface area (Å²) in [5.41, 5.74) is 3.77. The Bertz CT molecular complexity index is 1790. The van der Waals surface area contributed by atoms with E-state index in [2.05, 4.69) is 53.4 Å². The molecule has 10 heteroatoms. The van der Waals surface area contributed by atoms with Gasteiger partial charge in [0.15, 0.2) is 0 Å². The summed E-state index contributed by atoms with van der Waals surface area (Å²) in [5, 5.41) is 13.4. The Balaban J connectivity index is 0.000000320. The zero-order valence-electron chi connectivity index (χ0n) is 28.4. The minimum atomic E-state index is -0.654. The quantitative estimate of drug-likeness (QED) is 0.212. The number of carbonyl (C=O) groups is 2. The third kappa shape index (κ3) is 9.61. The van der Waals surface area contributed by atoms with Gasteiger partial charge in [-0.05, 0) is 76.6 Å². The maximum atomic E-state index is 14.0. The Hall–Kier alpha value is -4.78. The molecule has 4 rings (SSSR count). The molecule has 0 aliphatic rings. The average molecular weight is 633 g/mol. The molecular formula is C36H46F2N6O2. The van der Waals surface area contributed by atoms with Crippen LogP contribution >= 0.6 is 0 Å². The van der Waals surface area contributed by atoms with E-state index in [1.165, 1.54) is 14.1 Å². The van der Waals surface area contributed by atoms with Crippen molar-refractivity contribution in [3.63, 3.8) is 0 Å². The van der Waals surface area contributed by atoms with Gasteiger partial charge in [-0.1, -0.05) is 62.9 Å². The number of benzene rings is 2. The Kier molecular flexibility index (Phi) is 11.3. The maximum Gasteiger partial charge on any atom is 0.262 e. The van der Waals surface area contributed by atoms with Crippen LogP contribution in [0.25, 0.3) is 0 Å². The first-order valence-corrected chi connectivity index (χ1v) is 15.1. The van der Waals surface area contributed by atoms with Crippen molar-refractivity contribution in [2.45, 2.75) is 68.2 Å². The van der Waals surface area contributed by atoms with Crippen LogP contribution in [0, 0.1) is 48.4 Å². The summed E-state index contributed by atoms with van der Waals surface area (Å²) in [6.45, 7) is 15.8. The summed E-state index contributed by atoms with van der Waals surface area (Å²) in [6.07, 6.45) is 1.86. The molecule has 0 saturated carbocycles. The minimum Gasteiger partial charge on any atom is -0.322 e. The van der Waals surface area contributed by atoms with Gasteiger partial charge in [-0.2, -0.15) is 19.0 Å². The van der Waals surface area contributed by atoms with Crippen molar-refractivity contribution < 1.29 is 19.8 Å². The number of anilines is 2. The fourth-order valence-electron chi connectivity index (χ4n) is 4.47. The van der Waals surface area contributed by atoms with Gasteiger partial charge in [0, 0.05) is 32.2 Å². The summed E-state index contributed by atoms with van der Waals surface area (Å²) < 4.78 is 30.1. The summed E-state index contributed by atoms with van der Waals surface area (Å²) >= 11 is 0. The molecule has 2 aromatic heterocycles.